The number of nitro benzene ring substituents is 1. The van der Waals surface area contributed by atoms with Gasteiger partial charge in [-0.3, -0.25) is 15.0 Å². The zero-order valence-electron chi connectivity index (χ0n) is 9.17. The lowest BCUT2D eigenvalue weighted by atomic mass is 10.1. The van der Waals surface area contributed by atoms with E-state index >= 15 is 0 Å². The molecule has 0 aromatic heterocycles. The number of nitrogens with zero attached hydrogens (tertiary/aromatic N) is 2. The van der Waals surface area contributed by atoms with Gasteiger partial charge >= 0.3 is 0 Å². The molecule has 2 rings (SSSR count). The van der Waals surface area contributed by atoms with E-state index in [-0.39, 0.29) is 11.8 Å². The summed E-state index contributed by atoms with van der Waals surface area (Å²) in [7, 11) is 0. The van der Waals surface area contributed by atoms with Gasteiger partial charge in [0.05, 0.1) is 11.0 Å². The molecule has 1 aromatic carbocycles. The van der Waals surface area contributed by atoms with Gasteiger partial charge in [0.1, 0.15) is 5.82 Å². The molecule has 1 heterocycles. The fourth-order valence-corrected chi connectivity index (χ4v) is 2.06. The molecular weight excluding hydrogens is 227 g/mol. The zero-order chi connectivity index (χ0) is 12.4. The van der Waals surface area contributed by atoms with Crippen LogP contribution in [0, 0.1) is 15.9 Å². The first-order valence-electron chi connectivity index (χ1n) is 5.39. The fourth-order valence-electron chi connectivity index (χ4n) is 2.06. The molecule has 0 amide bonds. The Kier molecular flexibility index (Phi) is 3.35. The first kappa shape index (κ1) is 11.9. The van der Waals surface area contributed by atoms with Crippen molar-refractivity contribution < 1.29 is 14.4 Å². The standard InChI is InChI=1S/C11H13FN2O3/c12-9-1-2-11(14(16)17)8(5-9)6-13-4-3-10(15)7-13/h1-2,5,10,15H,3-4,6-7H2/t10-/m1/s1. The van der Waals surface area contributed by atoms with E-state index in [1.807, 2.05) is 4.90 Å². The Hall–Kier alpha value is -1.53. The normalized spacial score (nSPS) is 20.7. The van der Waals surface area contributed by atoms with Crippen molar-refractivity contribution in [3.8, 4) is 0 Å². The van der Waals surface area contributed by atoms with Crippen LogP contribution in [0.15, 0.2) is 18.2 Å². The lowest BCUT2D eigenvalue weighted by Gasteiger charge is -2.14. The van der Waals surface area contributed by atoms with Crippen LogP contribution < -0.4 is 0 Å². The molecule has 0 unspecified atom stereocenters. The van der Waals surface area contributed by atoms with E-state index in [2.05, 4.69) is 0 Å². The van der Waals surface area contributed by atoms with Gasteiger partial charge in [0.2, 0.25) is 0 Å². The summed E-state index contributed by atoms with van der Waals surface area (Å²) in [6.07, 6.45) is 0.269. The third kappa shape index (κ3) is 2.78. The lowest BCUT2D eigenvalue weighted by Crippen LogP contribution is -2.22. The molecule has 1 saturated heterocycles. The second-order valence-electron chi connectivity index (χ2n) is 4.21. The van der Waals surface area contributed by atoms with Crippen LogP contribution in [-0.4, -0.2) is 34.1 Å². The summed E-state index contributed by atoms with van der Waals surface area (Å²) in [6.45, 7) is 1.45. The molecule has 0 aliphatic carbocycles. The molecule has 1 fully saturated rings. The number of nitro groups is 1. The molecule has 0 saturated carbocycles. The summed E-state index contributed by atoms with van der Waals surface area (Å²) in [4.78, 5) is 12.2. The van der Waals surface area contributed by atoms with E-state index in [1.54, 1.807) is 0 Å². The summed E-state index contributed by atoms with van der Waals surface area (Å²) in [5.41, 5.74) is 0.275. The number of likely N-dealkylation sites (tertiary alicyclic amines) is 1. The van der Waals surface area contributed by atoms with Crippen molar-refractivity contribution in [2.24, 2.45) is 0 Å². The number of benzene rings is 1. The number of hydrogen-bond donors (Lipinski definition) is 1. The molecule has 1 aliphatic rings. The van der Waals surface area contributed by atoms with Crippen molar-refractivity contribution in [1.82, 2.24) is 4.90 Å². The number of hydrogen-bond acceptors (Lipinski definition) is 4. The van der Waals surface area contributed by atoms with Crippen LogP contribution >= 0.6 is 0 Å². The van der Waals surface area contributed by atoms with Crippen LogP contribution in [-0.2, 0) is 6.54 Å². The predicted molar refractivity (Wildman–Crippen MR) is 59.0 cm³/mol. The highest BCUT2D eigenvalue weighted by molar-refractivity contribution is 5.40. The van der Waals surface area contributed by atoms with Crippen LogP contribution in [0.3, 0.4) is 0 Å². The largest absolute Gasteiger partial charge is 0.392 e. The molecule has 0 spiro atoms. The predicted octanol–water partition coefficient (Wildman–Crippen LogP) is 1.30. The molecule has 1 atom stereocenters. The average molecular weight is 240 g/mol. The molecule has 0 bridgehead atoms. The number of β-amino-alcohol motifs (C(OH)–C–C–N with tert-alkyl or cyclic N) is 1. The molecule has 1 N–H and O–H groups in total. The zero-order valence-corrected chi connectivity index (χ0v) is 9.17. The van der Waals surface area contributed by atoms with Crippen molar-refractivity contribution in [3.05, 3.63) is 39.7 Å². The first-order chi connectivity index (χ1) is 8.06. The van der Waals surface area contributed by atoms with Crippen LogP contribution in [0.25, 0.3) is 0 Å². The maximum absolute atomic E-state index is 13.1. The second-order valence-corrected chi connectivity index (χ2v) is 4.21. The molecule has 0 radical (unpaired) electrons. The molecule has 5 nitrogen and oxygen atoms in total. The minimum Gasteiger partial charge on any atom is -0.392 e. The Balaban J connectivity index is 2.19. The van der Waals surface area contributed by atoms with Crippen LogP contribution in [0.5, 0.6) is 0 Å². The Labute approximate surface area is 97.6 Å². The van der Waals surface area contributed by atoms with E-state index in [1.165, 1.54) is 12.1 Å². The Morgan fingerprint density at radius 3 is 2.94 bits per heavy atom. The van der Waals surface area contributed by atoms with Crippen LogP contribution in [0.4, 0.5) is 10.1 Å². The molecule has 92 valence electrons. The Morgan fingerprint density at radius 1 is 1.59 bits per heavy atom. The monoisotopic (exact) mass is 240 g/mol. The Morgan fingerprint density at radius 2 is 2.35 bits per heavy atom. The average Bonchev–Trinajstić information content (AvgIpc) is 2.63. The minimum atomic E-state index is -0.513. The Bertz CT molecular complexity index is 439. The maximum atomic E-state index is 13.1. The van der Waals surface area contributed by atoms with E-state index < -0.39 is 10.7 Å². The van der Waals surface area contributed by atoms with Gasteiger partial charge in [-0.25, -0.2) is 4.39 Å². The number of halogens is 1. The van der Waals surface area contributed by atoms with E-state index in [0.717, 1.165) is 6.07 Å². The number of rotatable bonds is 3. The van der Waals surface area contributed by atoms with Gasteiger partial charge in [0, 0.05) is 31.3 Å². The topological polar surface area (TPSA) is 66.6 Å². The highest BCUT2D eigenvalue weighted by atomic mass is 19.1. The highest BCUT2D eigenvalue weighted by Gasteiger charge is 2.23. The summed E-state index contributed by atoms with van der Waals surface area (Å²) >= 11 is 0. The molecule has 17 heavy (non-hydrogen) atoms. The lowest BCUT2D eigenvalue weighted by molar-refractivity contribution is -0.385. The molecular formula is C11H13FN2O3. The SMILES string of the molecule is O=[N+]([O-])c1ccc(F)cc1CN1CC[C@@H](O)C1. The van der Waals surface area contributed by atoms with Crippen LogP contribution in [0.1, 0.15) is 12.0 Å². The van der Waals surface area contributed by atoms with Crippen molar-refractivity contribution in [2.75, 3.05) is 13.1 Å². The summed E-state index contributed by atoms with van der Waals surface area (Å²) in [6, 6.07) is 3.44. The van der Waals surface area contributed by atoms with E-state index in [0.29, 0.717) is 31.6 Å². The van der Waals surface area contributed by atoms with Gasteiger partial charge in [-0.1, -0.05) is 0 Å². The smallest absolute Gasteiger partial charge is 0.274 e. The van der Waals surface area contributed by atoms with E-state index in [4.69, 9.17) is 0 Å². The summed E-state index contributed by atoms with van der Waals surface area (Å²) < 4.78 is 13.1. The molecule has 6 heteroatoms. The fraction of sp³-hybridized carbons (Fsp3) is 0.455. The second kappa shape index (κ2) is 4.77. The number of aliphatic hydroxyl groups excluding tert-OH is 1. The van der Waals surface area contributed by atoms with Crippen molar-refractivity contribution in [3.63, 3.8) is 0 Å². The summed E-state index contributed by atoms with van der Waals surface area (Å²) in [5, 5.41) is 20.1. The summed E-state index contributed by atoms with van der Waals surface area (Å²) in [5.74, 6) is -0.481. The molecule has 1 aromatic rings. The molecule has 1 aliphatic heterocycles. The van der Waals surface area contributed by atoms with Gasteiger partial charge in [-0.05, 0) is 18.6 Å². The van der Waals surface area contributed by atoms with E-state index in [9.17, 15) is 19.6 Å². The first-order valence-corrected chi connectivity index (χ1v) is 5.39. The van der Waals surface area contributed by atoms with Crippen molar-refractivity contribution in [2.45, 2.75) is 19.1 Å². The highest BCUT2D eigenvalue weighted by Crippen LogP contribution is 2.23. The van der Waals surface area contributed by atoms with Crippen LogP contribution in [0.2, 0.25) is 0 Å². The van der Waals surface area contributed by atoms with Gasteiger partial charge in [0.15, 0.2) is 0 Å². The van der Waals surface area contributed by atoms with Crippen molar-refractivity contribution >= 4 is 5.69 Å². The van der Waals surface area contributed by atoms with Crippen molar-refractivity contribution in [1.29, 1.82) is 0 Å². The number of aliphatic hydroxyl groups is 1. The third-order valence-corrected chi connectivity index (χ3v) is 2.88. The van der Waals surface area contributed by atoms with Gasteiger partial charge in [-0.2, -0.15) is 0 Å². The third-order valence-electron chi connectivity index (χ3n) is 2.88. The quantitative estimate of drug-likeness (QED) is 0.638. The van der Waals surface area contributed by atoms with Gasteiger partial charge in [0.25, 0.3) is 5.69 Å². The van der Waals surface area contributed by atoms with Gasteiger partial charge < -0.3 is 5.11 Å². The maximum Gasteiger partial charge on any atom is 0.274 e. The van der Waals surface area contributed by atoms with Gasteiger partial charge in [-0.15, -0.1) is 0 Å². The minimum absolute atomic E-state index is 0.0761.